The molecule has 2 N–H and O–H groups in total. The Morgan fingerprint density at radius 2 is 2.21 bits per heavy atom. The quantitative estimate of drug-likeness (QED) is 0.881. The van der Waals surface area contributed by atoms with Crippen molar-refractivity contribution < 1.29 is 0 Å². The molecule has 2 aromatic rings. The van der Waals surface area contributed by atoms with E-state index in [1.54, 1.807) is 11.3 Å². The van der Waals surface area contributed by atoms with Crippen LogP contribution in [0.3, 0.4) is 0 Å². The van der Waals surface area contributed by atoms with Crippen LogP contribution in [0.5, 0.6) is 0 Å². The van der Waals surface area contributed by atoms with E-state index in [1.165, 1.54) is 10.9 Å². The van der Waals surface area contributed by atoms with E-state index < -0.39 is 0 Å². The van der Waals surface area contributed by atoms with Gasteiger partial charge in [0.2, 0.25) is 0 Å². The van der Waals surface area contributed by atoms with Crippen molar-refractivity contribution in [2.45, 2.75) is 39.7 Å². The first kappa shape index (κ1) is 13.7. The molecule has 19 heavy (non-hydrogen) atoms. The normalized spacial score (nSPS) is 12.4. The average Bonchev–Trinajstić information content (AvgIpc) is 2.86. The highest BCUT2D eigenvalue weighted by molar-refractivity contribution is 7.11. The maximum absolute atomic E-state index is 11.5. The minimum atomic E-state index is -0.130. The van der Waals surface area contributed by atoms with E-state index in [1.807, 2.05) is 20.0 Å². The Labute approximate surface area is 116 Å². The Hall–Kier alpha value is -1.69. The van der Waals surface area contributed by atoms with Crippen molar-refractivity contribution in [3.05, 3.63) is 38.3 Å². The van der Waals surface area contributed by atoms with E-state index in [4.69, 9.17) is 0 Å². The highest BCUT2D eigenvalue weighted by Crippen LogP contribution is 2.22. The molecule has 2 rings (SSSR count). The van der Waals surface area contributed by atoms with Crippen molar-refractivity contribution in [2.24, 2.45) is 0 Å². The summed E-state index contributed by atoms with van der Waals surface area (Å²) in [4.78, 5) is 24.2. The summed E-state index contributed by atoms with van der Waals surface area (Å²) in [7, 11) is 0. The van der Waals surface area contributed by atoms with Crippen LogP contribution in [0.1, 0.15) is 42.5 Å². The van der Waals surface area contributed by atoms with Gasteiger partial charge in [0.05, 0.1) is 6.04 Å². The molecule has 0 saturated heterocycles. The Balaban J connectivity index is 2.16. The van der Waals surface area contributed by atoms with Crippen LogP contribution in [0.4, 0.5) is 5.82 Å². The smallest absolute Gasteiger partial charge is 0.252 e. The molecule has 0 bridgehead atoms. The molecular formula is C13H18N4OS. The second kappa shape index (κ2) is 5.97. The molecule has 102 valence electrons. The van der Waals surface area contributed by atoms with E-state index in [0.717, 1.165) is 11.4 Å². The second-order valence-electron chi connectivity index (χ2n) is 4.32. The fraction of sp³-hybridized carbons (Fsp3) is 0.462. The van der Waals surface area contributed by atoms with Crippen molar-refractivity contribution in [1.29, 1.82) is 0 Å². The lowest BCUT2D eigenvalue weighted by Gasteiger charge is -2.12. The van der Waals surface area contributed by atoms with Crippen LogP contribution in [0.25, 0.3) is 0 Å². The number of anilines is 1. The number of hydrogen-bond donors (Lipinski definition) is 2. The van der Waals surface area contributed by atoms with Crippen LogP contribution in [-0.2, 0) is 12.8 Å². The lowest BCUT2D eigenvalue weighted by Crippen LogP contribution is -2.15. The number of nitrogens with zero attached hydrogens (tertiary/aromatic N) is 2. The van der Waals surface area contributed by atoms with Crippen molar-refractivity contribution in [3.8, 4) is 0 Å². The molecule has 0 aromatic carbocycles. The Bertz CT molecular complexity index is 605. The van der Waals surface area contributed by atoms with Gasteiger partial charge < -0.3 is 10.3 Å². The molecule has 6 heteroatoms. The molecule has 0 spiro atoms. The van der Waals surface area contributed by atoms with Gasteiger partial charge in [0.15, 0.2) is 0 Å². The predicted molar refractivity (Wildman–Crippen MR) is 77.8 cm³/mol. The first-order valence-electron chi connectivity index (χ1n) is 6.43. The maximum atomic E-state index is 11.5. The summed E-state index contributed by atoms with van der Waals surface area (Å²) in [5, 5.41) is 4.24. The summed E-state index contributed by atoms with van der Waals surface area (Å²) in [6.07, 6.45) is 3.60. The zero-order valence-corrected chi connectivity index (χ0v) is 12.2. The third-order valence-electron chi connectivity index (χ3n) is 2.78. The van der Waals surface area contributed by atoms with Gasteiger partial charge >= 0.3 is 0 Å². The molecule has 0 amide bonds. The molecule has 0 saturated carbocycles. The van der Waals surface area contributed by atoms with Crippen LogP contribution >= 0.6 is 11.3 Å². The number of rotatable bonds is 5. The number of hydrogen-bond acceptors (Lipinski definition) is 5. The van der Waals surface area contributed by atoms with Crippen molar-refractivity contribution in [2.75, 3.05) is 5.32 Å². The first-order valence-corrected chi connectivity index (χ1v) is 7.25. The van der Waals surface area contributed by atoms with Crippen LogP contribution in [0.2, 0.25) is 0 Å². The van der Waals surface area contributed by atoms with Crippen LogP contribution in [0, 0.1) is 0 Å². The highest BCUT2D eigenvalue weighted by atomic mass is 32.1. The third kappa shape index (κ3) is 3.41. The maximum Gasteiger partial charge on any atom is 0.252 e. The fourth-order valence-corrected chi connectivity index (χ4v) is 2.58. The fourth-order valence-electron chi connectivity index (χ4n) is 1.72. The van der Waals surface area contributed by atoms with Crippen LogP contribution in [-0.4, -0.2) is 15.0 Å². The summed E-state index contributed by atoms with van der Waals surface area (Å²) in [5.41, 5.74) is -0.130. The molecule has 1 unspecified atom stereocenters. The SMILES string of the molecule is CCc1nc(NC(C)c2ncc(CC)s2)cc(=O)[nH]1. The number of aryl methyl sites for hydroxylation is 2. The van der Waals surface area contributed by atoms with Crippen molar-refractivity contribution in [3.63, 3.8) is 0 Å². The van der Waals surface area contributed by atoms with Gasteiger partial charge in [-0.1, -0.05) is 13.8 Å². The van der Waals surface area contributed by atoms with Gasteiger partial charge in [0.1, 0.15) is 16.6 Å². The Morgan fingerprint density at radius 1 is 1.42 bits per heavy atom. The number of aromatic amines is 1. The minimum Gasteiger partial charge on any atom is -0.361 e. The Morgan fingerprint density at radius 3 is 2.84 bits per heavy atom. The topological polar surface area (TPSA) is 70.7 Å². The zero-order chi connectivity index (χ0) is 13.8. The number of aromatic nitrogens is 3. The number of H-pyrrole nitrogens is 1. The standard InChI is InChI=1S/C13H18N4OS/c1-4-9-7-14-13(19-9)8(3)15-11-6-12(18)17-10(5-2)16-11/h6-8H,4-5H2,1-3H3,(H2,15,16,17,18). The van der Waals surface area contributed by atoms with Gasteiger partial charge in [-0.3, -0.25) is 4.79 Å². The van der Waals surface area contributed by atoms with Crippen LogP contribution in [0.15, 0.2) is 17.1 Å². The van der Waals surface area contributed by atoms with E-state index >= 15 is 0 Å². The second-order valence-corrected chi connectivity index (χ2v) is 5.46. The van der Waals surface area contributed by atoms with Crippen molar-refractivity contribution >= 4 is 17.2 Å². The lowest BCUT2D eigenvalue weighted by molar-refractivity contribution is 0.842. The largest absolute Gasteiger partial charge is 0.361 e. The number of thiazole rings is 1. The molecular weight excluding hydrogens is 260 g/mol. The lowest BCUT2D eigenvalue weighted by atomic mass is 10.3. The van der Waals surface area contributed by atoms with Gasteiger partial charge in [-0.05, 0) is 13.3 Å². The first-order chi connectivity index (χ1) is 9.12. The average molecular weight is 278 g/mol. The van der Waals surface area contributed by atoms with Gasteiger partial charge in [-0.15, -0.1) is 11.3 Å². The third-order valence-corrected chi connectivity index (χ3v) is 4.10. The van der Waals surface area contributed by atoms with Gasteiger partial charge in [-0.25, -0.2) is 9.97 Å². The van der Waals surface area contributed by atoms with Gasteiger partial charge in [0, 0.05) is 23.6 Å². The van der Waals surface area contributed by atoms with Crippen molar-refractivity contribution in [1.82, 2.24) is 15.0 Å². The molecule has 5 nitrogen and oxygen atoms in total. The van der Waals surface area contributed by atoms with E-state index in [2.05, 4.69) is 27.2 Å². The minimum absolute atomic E-state index is 0.0457. The Kier molecular flexibility index (Phi) is 4.31. The molecule has 0 aliphatic heterocycles. The molecule has 0 fully saturated rings. The molecule has 0 radical (unpaired) electrons. The zero-order valence-electron chi connectivity index (χ0n) is 11.4. The van der Waals surface area contributed by atoms with E-state index in [9.17, 15) is 4.79 Å². The summed E-state index contributed by atoms with van der Waals surface area (Å²) < 4.78 is 0. The van der Waals surface area contributed by atoms with Crippen LogP contribution < -0.4 is 10.9 Å². The van der Waals surface area contributed by atoms with E-state index in [-0.39, 0.29) is 11.6 Å². The highest BCUT2D eigenvalue weighted by Gasteiger charge is 2.11. The molecule has 0 aliphatic carbocycles. The molecule has 0 aliphatic rings. The monoisotopic (exact) mass is 278 g/mol. The predicted octanol–water partition coefficient (Wildman–Crippen LogP) is 2.52. The molecule has 2 aromatic heterocycles. The molecule has 2 heterocycles. The molecule has 1 atom stereocenters. The van der Waals surface area contributed by atoms with E-state index in [0.29, 0.717) is 18.1 Å². The summed E-state index contributed by atoms with van der Waals surface area (Å²) in [6.45, 7) is 6.09. The summed E-state index contributed by atoms with van der Waals surface area (Å²) >= 11 is 1.69. The van der Waals surface area contributed by atoms with Gasteiger partial charge in [0.25, 0.3) is 5.56 Å². The number of nitrogens with one attached hydrogen (secondary N) is 2. The van der Waals surface area contributed by atoms with Gasteiger partial charge in [-0.2, -0.15) is 0 Å². The summed E-state index contributed by atoms with van der Waals surface area (Å²) in [6, 6.07) is 1.52. The summed E-state index contributed by atoms with van der Waals surface area (Å²) in [5.74, 6) is 1.29.